The van der Waals surface area contributed by atoms with Crippen LogP contribution in [0.2, 0.25) is 0 Å². The van der Waals surface area contributed by atoms with Gasteiger partial charge in [-0.25, -0.2) is 9.67 Å². The molecule has 0 spiro atoms. The van der Waals surface area contributed by atoms with Gasteiger partial charge in [0.2, 0.25) is 23.6 Å². The molecule has 1 fully saturated rings. The molecule has 2 aromatic rings. The van der Waals surface area contributed by atoms with Gasteiger partial charge >= 0.3 is 0 Å². The van der Waals surface area contributed by atoms with Gasteiger partial charge in [0.1, 0.15) is 23.7 Å². The molecule has 4 amide bonds. The van der Waals surface area contributed by atoms with E-state index in [0.717, 1.165) is 5.56 Å². The molecule has 4 atom stereocenters. The van der Waals surface area contributed by atoms with Gasteiger partial charge in [-0.1, -0.05) is 50.6 Å². The standard InChI is InChI=1S/C28H39N7O4/c1-4-18(2)25-27(38)31-22(17-20-9-6-5-7-10-20)26-29-19(3)33-35(26)16-15-34(14-8-11-23(36)32-25)28(39)21-12-13-24(37)30-21/h5-7,9-10,18,21-22,25H,4,8,11-17H2,1-3H3,(H,30,37)(H,31,38)(H,32,36)/t18-,21+,22-,25-/m0/s1. The van der Waals surface area contributed by atoms with Crippen LogP contribution in [0.4, 0.5) is 0 Å². The topological polar surface area (TPSA) is 138 Å². The van der Waals surface area contributed by atoms with Crippen LogP contribution in [-0.4, -0.2) is 68.5 Å². The highest BCUT2D eigenvalue weighted by Gasteiger charge is 2.33. The number of carbonyl (C=O) groups is 4. The van der Waals surface area contributed by atoms with Gasteiger partial charge in [-0.15, -0.1) is 0 Å². The Morgan fingerprint density at radius 3 is 2.46 bits per heavy atom. The summed E-state index contributed by atoms with van der Waals surface area (Å²) in [6.07, 6.45) is 2.62. The minimum atomic E-state index is -0.701. The second-order valence-electron chi connectivity index (χ2n) is 10.5. The molecule has 1 aromatic carbocycles. The number of fused-ring (bicyclic) bond motifs is 1. The van der Waals surface area contributed by atoms with Crippen molar-refractivity contribution in [2.75, 3.05) is 13.1 Å². The average Bonchev–Trinajstić information content (AvgIpc) is 3.53. The number of carbonyl (C=O) groups excluding carboxylic acids is 4. The summed E-state index contributed by atoms with van der Waals surface area (Å²) in [5.41, 5.74) is 1.02. The molecule has 3 heterocycles. The molecule has 1 saturated heterocycles. The van der Waals surface area contributed by atoms with Gasteiger partial charge in [-0.3, -0.25) is 19.2 Å². The number of rotatable bonds is 5. The Bertz CT molecular complexity index is 1180. The first kappa shape index (κ1) is 28.3. The second kappa shape index (κ2) is 12.9. The quantitative estimate of drug-likeness (QED) is 0.527. The van der Waals surface area contributed by atoms with Crippen LogP contribution in [0.1, 0.15) is 69.2 Å². The summed E-state index contributed by atoms with van der Waals surface area (Å²) in [6.45, 7) is 6.80. The van der Waals surface area contributed by atoms with E-state index < -0.39 is 18.1 Å². The van der Waals surface area contributed by atoms with Crippen LogP contribution in [0.5, 0.6) is 0 Å². The maximum absolute atomic E-state index is 13.6. The van der Waals surface area contributed by atoms with E-state index >= 15 is 0 Å². The van der Waals surface area contributed by atoms with Crippen molar-refractivity contribution >= 4 is 23.6 Å². The number of benzene rings is 1. The van der Waals surface area contributed by atoms with Crippen LogP contribution in [0, 0.1) is 12.8 Å². The molecule has 0 bridgehead atoms. The first-order valence-electron chi connectivity index (χ1n) is 13.9. The van der Waals surface area contributed by atoms with Crippen molar-refractivity contribution in [3.63, 3.8) is 0 Å². The number of hydrogen-bond acceptors (Lipinski definition) is 6. The van der Waals surface area contributed by atoms with E-state index in [4.69, 9.17) is 0 Å². The van der Waals surface area contributed by atoms with Gasteiger partial charge in [0, 0.05) is 25.9 Å². The number of amides is 4. The van der Waals surface area contributed by atoms with Crippen LogP contribution in [-0.2, 0) is 32.1 Å². The molecule has 0 unspecified atom stereocenters. The Hall–Kier alpha value is -3.76. The number of hydrogen-bond donors (Lipinski definition) is 3. The molecule has 0 radical (unpaired) electrons. The van der Waals surface area contributed by atoms with Crippen molar-refractivity contribution < 1.29 is 19.2 Å². The Kier molecular flexibility index (Phi) is 9.32. The lowest BCUT2D eigenvalue weighted by atomic mass is 9.97. The maximum atomic E-state index is 13.6. The molecule has 39 heavy (non-hydrogen) atoms. The summed E-state index contributed by atoms with van der Waals surface area (Å²) in [6, 6.07) is 8.08. The predicted octanol–water partition coefficient (Wildman–Crippen LogP) is 1.42. The summed E-state index contributed by atoms with van der Waals surface area (Å²) < 4.78 is 1.76. The van der Waals surface area contributed by atoms with Crippen molar-refractivity contribution in [3.05, 3.63) is 47.5 Å². The Morgan fingerprint density at radius 1 is 1.03 bits per heavy atom. The van der Waals surface area contributed by atoms with Gasteiger partial charge in [0.25, 0.3) is 0 Å². The van der Waals surface area contributed by atoms with Crippen molar-refractivity contribution in [3.8, 4) is 0 Å². The molecule has 11 nitrogen and oxygen atoms in total. The molecular weight excluding hydrogens is 498 g/mol. The molecule has 2 aliphatic rings. The molecular formula is C28H39N7O4. The summed E-state index contributed by atoms with van der Waals surface area (Å²) in [5, 5.41) is 13.4. The van der Waals surface area contributed by atoms with E-state index in [2.05, 4.69) is 26.0 Å². The summed E-state index contributed by atoms with van der Waals surface area (Å²) in [7, 11) is 0. The predicted molar refractivity (Wildman–Crippen MR) is 144 cm³/mol. The molecule has 4 rings (SSSR count). The monoisotopic (exact) mass is 537 g/mol. The van der Waals surface area contributed by atoms with Crippen molar-refractivity contribution in [2.24, 2.45) is 5.92 Å². The lowest BCUT2D eigenvalue weighted by Gasteiger charge is -2.29. The molecule has 11 heteroatoms. The van der Waals surface area contributed by atoms with Crippen LogP contribution in [0.15, 0.2) is 30.3 Å². The second-order valence-corrected chi connectivity index (χ2v) is 10.5. The van der Waals surface area contributed by atoms with E-state index in [-0.39, 0.29) is 36.0 Å². The van der Waals surface area contributed by atoms with Gasteiger partial charge in [0.15, 0.2) is 0 Å². The smallest absolute Gasteiger partial charge is 0.245 e. The van der Waals surface area contributed by atoms with Gasteiger partial charge in [-0.05, 0) is 37.7 Å². The van der Waals surface area contributed by atoms with E-state index in [1.54, 1.807) is 16.5 Å². The molecule has 3 N–H and O–H groups in total. The van der Waals surface area contributed by atoms with Gasteiger partial charge in [-0.2, -0.15) is 5.10 Å². The molecule has 0 aliphatic carbocycles. The van der Waals surface area contributed by atoms with Crippen LogP contribution < -0.4 is 16.0 Å². The zero-order valence-corrected chi connectivity index (χ0v) is 23.0. The van der Waals surface area contributed by atoms with Crippen LogP contribution >= 0.6 is 0 Å². The molecule has 2 aliphatic heterocycles. The molecule has 210 valence electrons. The first-order valence-corrected chi connectivity index (χ1v) is 13.9. The molecule has 0 saturated carbocycles. The maximum Gasteiger partial charge on any atom is 0.245 e. The summed E-state index contributed by atoms with van der Waals surface area (Å²) in [4.78, 5) is 58.0. The SMILES string of the molecule is CC[C@H](C)[C@@H]1NC(=O)CCCN(C(=O)[C@H]2CCC(=O)N2)CCn2nc(C)nc2[C@H](Cc2ccccc2)NC1=O. The fourth-order valence-corrected chi connectivity index (χ4v) is 5.16. The highest BCUT2D eigenvalue weighted by Crippen LogP contribution is 2.20. The highest BCUT2D eigenvalue weighted by atomic mass is 16.2. The Morgan fingerprint density at radius 2 is 1.77 bits per heavy atom. The van der Waals surface area contributed by atoms with Crippen molar-refractivity contribution in [2.45, 2.75) is 84.0 Å². The fourth-order valence-electron chi connectivity index (χ4n) is 5.16. The van der Waals surface area contributed by atoms with Crippen LogP contribution in [0.3, 0.4) is 0 Å². The van der Waals surface area contributed by atoms with E-state index in [1.807, 2.05) is 44.2 Å². The summed E-state index contributed by atoms with van der Waals surface area (Å²) >= 11 is 0. The Balaban J connectivity index is 1.67. The Labute approximate surface area is 229 Å². The minimum Gasteiger partial charge on any atom is -0.344 e. The van der Waals surface area contributed by atoms with Gasteiger partial charge < -0.3 is 20.9 Å². The minimum absolute atomic E-state index is 0.0807. The lowest BCUT2D eigenvalue weighted by molar-refractivity contribution is -0.135. The van der Waals surface area contributed by atoms with Gasteiger partial charge in [0.05, 0.1) is 12.6 Å². The third kappa shape index (κ3) is 7.21. The third-order valence-corrected chi connectivity index (χ3v) is 7.55. The zero-order chi connectivity index (χ0) is 27.9. The number of nitrogens with one attached hydrogen (secondary N) is 3. The highest BCUT2D eigenvalue weighted by molar-refractivity contribution is 5.91. The largest absolute Gasteiger partial charge is 0.344 e. The van der Waals surface area contributed by atoms with Crippen molar-refractivity contribution in [1.82, 2.24) is 35.6 Å². The van der Waals surface area contributed by atoms with E-state index in [1.165, 1.54) is 0 Å². The van der Waals surface area contributed by atoms with E-state index in [0.29, 0.717) is 63.4 Å². The number of aryl methyl sites for hydroxylation is 1. The third-order valence-electron chi connectivity index (χ3n) is 7.55. The van der Waals surface area contributed by atoms with Crippen molar-refractivity contribution in [1.29, 1.82) is 0 Å². The zero-order valence-electron chi connectivity index (χ0n) is 23.0. The summed E-state index contributed by atoms with van der Waals surface area (Å²) in [5.74, 6) is 0.317. The van der Waals surface area contributed by atoms with Crippen LogP contribution in [0.25, 0.3) is 0 Å². The fraction of sp³-hybridized carbons (Fsp3) is 0.571. The average molecular weight is 538 g/mol. The normalized spacial score (nSPS) is 23.7. The number of aromatic nitrogens is 3. The first-order chi connectivity index (χ1) is 18.7. The van der Waals surface area contributed by atoms with E-state index in [9.17, 15) is 19.2 Å². The number of nitrogens with zero attached hydrogens (tertiary/aromatic N) is 4. The molecule has 1 aromatic heterocycles. The lowest BCUT2D eigenvalue weighted by Crippen LogP contribution is -2.52.